The lowest BCUT2D eigenvalue weighted by Gasteiger charge is -2.12. The van der Waals surface area contributed by atoms with E-state index in [-0.39, 0.29) is 9.92 Å². The van der Waals surface area contributed by atoms with Gasteiger partial charge in [0.2, 0.25) is 15.9 Å². The standard InChI is InChI=1S/C16H17ClN2O4S/c1-2-23-14-9-5-4-8-13(14)19-16(20)11-18-24(21,22)15-10-6-3-7-12(15)17/h3-10,18H,2,11H2,1H3,(H,19,20). The van der Waals surface area contributed by atoms with Crippen molar-refractivity contribution in [1.29, 1.82) is 0 Å². The molecule has 0 heterocycles. The molecule has 8 heteroatoms. The van der Waals surface area contributed by atoms with E-state index in [1.165, 1.54) is 12.1 Å². The number of anilines is 1. The largest absolute Gasteiger partial charge is 0.492 e. The molecule has 0 bridgehead atoms. The average Bonchev–Trinajstić information content (AvgIpc) is 2.55. The van der Waals surface area contributed by atoms with E-state index in [4.69, 9.17) is 16.3 Å². The molecule has 0 radical (unpaired) electrons. The SMILES string of the molecule is CCOc1ccccc1NC(=O)CNS(=O)(=O)c1ccccc1Cl. The van der Waals surface area contributed by atoms with Crippen LogP contribution in [0.1, 0.15) is 6.92 Å². The smallest absolute Gasteiger partial charge is 0.242 e. The van der Waals surface area contributed by atoms with Gasteiger partial charge in [-0.1, -0.05) is 35.9 Å². The van der Waals surface area contributed by atoms with E-state index in [0.717, 1.165) is 0 Å². The third-order valence-electron chi connectivity index (χ3n) is 3.01. The molecule has 0 spiro atoms. The number of amides is 1. The number of hydrogen-bond donors (Lipinski definition) is 2. The number of carbonyl (C=O) groups excluding carboxylic acids is 1. The molecule has 2 aromatic rings. The molecule has 2 N–H and O–H groups in total. The van der Waals surface area contributed by atoms with E-state index in [1.54, 1.807) is 36.4 Å². The van der Waals surface area contributed by atoms with Gasteiger partial charge in [0.05, 0.1) is 23.9 Å². The fourth-order valence-corrected chi connectivity index (χ4v) is 3.45. The van der Waals surface area contributed by atoms with E-state index in [1.807, 2.05) is 6.92 Å². The van der Waals surface area contributed by atoms with Crippen molar-refractivity contribution in [2.24, 2.45) is 0 Å². The van der Waals surface area contributed by atoms with Crippen molar-refractivity contribution < 1.29 is 17.9 Å². The first-order valence-electron chi connectivity index (χ1n) is 7.20. The van der Waals surface area contributed by atoms with Gasteiger partial charge in [0.15, 0.2) is 0 Å². The molecule has 1 amide bonds. The maximum atomic E-state index is 12.2. The first-order valence-corrected chi connectivity index (χ1v) is 9.06. The lowest BCUT2D eigenvalue weighted by molar-refractivity contribution is -0.115. The van der Waals surface area contributed by atoms with Crippen LogP contribution in [0.4, 0.5) is 5.69 Å². The highest BCUT2D eigenvalue weighted by Gasteiger charge is 2.18. The highest BCUT2D eigenvalue weighted by atomic mass is 35.5. The van der Waals surface area contributed by atoms with Crippen molar-refractivity contribution in [2.45, 2.75) is 11.8 Å². The average molecular weight is 369 g/mol. The summed E-state index contributed by atoms with van der Waals surface area (Å²) in [6.07, 6.45) is 0. The van der Waals surface area contributed by atoms with Gasteiger partial charge >= 0.3 is 0 Å². The van der Waals surface area contributed by atoms with Crippen LogP contribution < -0.4 is 14.8 Å². The number of nitrogens with one attached hydrogen (secondary N) is 2. The number of hydrogen-bond acceptors (Lipinski definition) is 4. The molecule has 0 aliphatic rings. The van der Waals surface area contributed by atoms with Gasteiger partial charge in [-0.05, 0) is 31.2 Å². The third kappa shape index (κ3) is 4.70. The fourth-order valence-electron chi connectivity index (χ4n) is 1.95. The zero-order valence-corrected chi connectivity index (χ0v) is 14.5. The lowest BCUT2D eigenvalue weighted by Crippen LogP contribution is -2.33. The summed E-state index contributed by atoms with van der Waals surface area (Å²) in [7, 11) is -3.87. The molecule has 0 atom stereocenters. The first kappa shape index (κ1) is 18.3. The topological polar surface area (TPSA) is 84.5 Å². The second kappa shape index (κ2) is 8.14. The Morgan fingerprint density at radius 2 is 1.79 bits per heavy atom. The fraction of sp³-hybridized carbons (Fsp3) is 0.188. The van der Waals surface area contributed by atoms with Gasteiger partial charge in [0.25, 0.3) is 0 Å². The number of sulfonamides is 1. The second-order valence-electron chi connectivity index (χ2n) is 4.73. The quantitative estimate of drug-likeness (QED) is 0.786. The molecule has 2 rings (SSSR count). The number of ether oxygens (including phenoxy) is 1. The van der Waals surface area contributed by atoms with Crippen LogP contribution in [0.5, 0.6) is 5.75 Å². The van der Waals surface area contributed by atoms with Gasteiger partial charge in [-0.3, -0.25) is 4.79 Å². The van der Waals surface area contributed by atoms with Gasteiger partial charge in [-0.25, -0.2) is 13.1 Å². The van der Waals surface area contributed by atoms with E-state index < -0.39 is 22.5 Å². The van der Waals surface area contributed by atoms with Crippen molar-refractivity contribution >= 4 is 33.2 Å². The summed E-state index contributed by atoms with van der Waals surface area (Å²) in [6, 6.07) is 12.9. The summed E-state index contributed by atoms with van der Waals surface area (Å²) in [5.41, 5.74) is 0.473. The summed E-state index contributed by atoms with van der Waals surface area (Å²) in [5.74, 6) is 0.0000857. The summed E-state index contributed by atoms with van der Waals surface area (Å²) in [5, 5.41) is 2.70. The number of halogens is 1. The molecule has 0 unspecified atom stereocenters. The monoisotopic (exact) mass is 368 g/mol. The van der Waals surface area contributed by atoms with Crippen LogP contribution in [0, 0.1) is 0 Å². The van der Waals surface area contributed by atoms with E-state index in [9.17, 15) is 13.2 Å². The Labute approximate surface area is 145 Å². The molecule has 0 aliphatic heterocycles. The van der Waals surface area contributed by atoms with Crippen molar-refractivity contribution in [3.63, 3.8) is 0 Å². The van der Waals surface area contributed by atoms with Gasteiger partial charge in [0.1, 0.15) is 10.6 Å². The van der Waals surface area contributed by atoms with Crippen LogP contribution in [0.3, 0.4) is 0 Å². The van der Waals surface area contributed by atoms with Gasteiger partial charge in [-0.2, -0.15) is 0 Å². The van der Waals surface area contributed by atoms with E-state index in [2.05, 4.69) is 10.0 Å². The van der Waals surface area contributed by atoms with Crippen LogP contribution in [0.15, 0.2) is 53.4 Å². The number of benzene rings is 2. The zero-order valence-electron chi connectivity index (χ0n) is 13.0. The van der Waals surface area contributed by atoms with Gasteiger partial charge in [-0.15, -0.1) is 0 Å². The Kier molecular flexibility index (Phi) is 6.19. The highest BCUT2D eigenvalue weighted by molar-refractivity contribution is 7.89. The Morgan fingerprint density at radius 3 is 2.50 bits per heavy atom. The summed E-state index contributed by atoms with van der Waals surface area (Å²) in [6.45, 7) is 1.86. The molecule has 0 fully saturated rings. The third-order valence-corrected chi connectivity index (χ3v) is 4.91. The predicted molar refractivity (Wildman–Crippen MR) is 92.9 cm³/mol. The molecular formula is C16H17ClN2O4S. The maximum absolute atomic E-state index is 12.2. The minimum atomic E-state index is -3.87. The number of carbonyl (C=O) groups is 1. The van der Waals surface area contributed by atoms with Crippen LogP contribution in [-0.2, 0) is 14.8 Å². The van der Waals surface area contributed by atoms with Crippen LogP contribution in [-0.4, -0.2) is 27.5 Å². The minimum absolute atomic E-state index is 0.0748. The molecule has 0 saturated carbocycles. The molecule has 0 aromatic heterocycles. The molecule has 0 saturated heterocycles. The molecule has 24 heavy (non-hydrogen) atoms. The maximum Gasteiger partial charge on any atom is 0.242 e. The van der Waals surface area contributed by atoms with E-state index >= 15 is 0 Å². The predicted octanol–water partition coefficient (Wildman–Crippen LogP) is 2.66. The number of para-hydroxylation sites is 2. The van der Waals surface area contributed by atoms with Crippen LogP contribution >= 0.6 is 11.6 Å². The second-order valence-corrected chi connectivity index (χ2v) is 6.87. The van der Waals surface area contributed by atoms with Crippen LogP contribution in [0.2, 0.25) is 5.02 Å². The Balaban J connectivity index is 2.02. The van der Waals surface area contributed by atoms with Crippen molar-refractivity contribution in [2.75, 3.05) is 18.5 Å². The normalized spacial score (nSPS) is 11.1. The van der Waals surface area contributed by atoms with Crippen molar-refractivity contribution in [3.05, 3.63) is 53.6 Å². The van der Waals surface area contributed by atoms with Crippen molar-refractivity contribution in [3.8, 4) is 5.75 Å². The first-order chi connectivity index (χ1) is 11.4. The minimum Gasteiger partial charge on any atom is -0.492 e. The summed E-state index contributed by atoms with van der Waals surface area (Å²) >= 11 is 5.87. The number of rotatable bonds is 7. The molecule has 6 nitrogen and oxygen atoms in total. The van der Waals surface area contributed by atoms with Crippen molar-refractivity contribution in [1.82, 2.24) is 4.72 Å². The van der Waals surface area contributed by atoms with Gasteiger partial charge < -0.3 is 10.1 Å². The Morgan fingerprint density at radius 1 is 1.12 bits per heavy atom. The zero-order chi connectivity index (χ0) is 17.6. The summed E-state index contributed by atoms with van der Waals surface area (Å²) in [4.78, 5) is 11.9. The molecule has 2 aromatic carbocycles. The van der Waals surface area contributed by atoms with Crippen LogP contribution in [0.25, 0.3) is 0 Å². The van der Waals surface area contributed by atoms with E-state index in [0.29, 0.717) is 18.0 Å². The van der Waals surface area contributed by atoms with Gasteiger partial charge in [0, 0.05) is 0 Å². The highest BCUT2D eigenvalue weighted by Crippen LogP contribution is 2.23. The Hall–Kier alpha value is -2.09. The summed E-state index contributed by atoms with van der Waals surface area (Å²) < 4.78 is 32.0. The molecular weight excluding hydrogens is 352 g/mol. The molecule has 0 aliphatic carbocycles. The Bertz CT molecular complexity index is 824. The molecule has 128 valence electrons. The lowest BCUT2D eigenvalue weighted by atomic mass is 10.3.